The Balaban J connectivity index is 0.687. The molecule has 6 aromatic carbocycles. The predicted octanol–water partition coefficient (Wildman–Crippen LogP) is 4.05. The van der Waals surface area contributed by atoms with E-state index in [9.17, 15) is 87.2 Å². The van der Waals surface area contributed by atoms with Crippen LogP contribution in [-0.2, 0) is 56.3 Å². The number of ether oxygens (including phenoxy) is 1. The highest BCUT2D eigenvalue weighted by Gasteiger charge is 2.35. The molecule has 6 heterocycles. The van der Waals surface area contributed by atoms with Crippen LogP contribution in [0.25, 0.3) is 33.4 Å². The number of nitrogens with two attached hydrogens (primary N) is 4. The number of amides is 12. The molecule has 1 aliphatic carbocycles. The van der Waals surface area contributed by atoms with Crippen molar-refractivity contribution in [1.29, 1.82) is 0 Å². The maximum atomic E-state index is 14.4. The van der Waals surface area contributed by atoms with Crippen molar-refractivity contribution in [3.8, 4) is 33.9 Å². The zero-order valence-electron chi connectivity index (χ0n) is 69.6. The number of benzene rings is 7. The number of aliphatic carboxylic acids is 1. The van der Waals surface area contributed by atoms with Gasteiger partial charge in [0.2, 0.25) is 76.9 Å². The van der Waals surface area contributed by atoms with Crippen LogP contribution in [0.2, 0.25) is 0 Å². The van der Waals surface area contributed by atoms with E-state index in [1.54, 1.807) is 24.3 Å². The second-order valence-electron chi connectivity index (χ2n) is 31.3. The second-order valence-corrected chi connectivity index (χ2v) is 31.3. The lowest BCUT2D eigenvalue weighted by molar-refractivity contribution is -0.137. The number of piperidine rings is 2. The SMILES string of the molecule is NCCCC[C@@H]1NC(=O)CNC(=O)c2cc(NC(=O)CNC(=O)C3CCN(c4nc(Nc5ccc(-c6c7ccc(=O)cc-7oc7cc(O)ccc67)c(C(=O)O)c5)nc(N5CCC(C(=O)NCC(=O)Nc6ccc7c(c6)C(=O)N[C@@H](CCC(=O)O)C(=O)N[C@@H](CCCCN)C(=O)Nc6cc(C(N)=O)ccc6CN7)CC5)n4)CC3)ccc2OCc2ccc(C(N)=O)cc2NC1=O. The number of carboxylic acid groups (broad SMARTS) is 2. The van der Waals surface area contributed by atoms with Crippen molar-refractivity contribution in [2.75, 3.05) is 101 Å². The highest BCUT2D eigenvalue weighted by atomic mass is 16.5. The summed E-state index contributed by atoms with van der Waals surface area (Å²) in [5, 5.41) is 64.6. The Kier molecular flexibility index (Phi) is 29.2. The summed E-state index contributed by atoms with van der Waals surface area (Å²) in [6.07, 6.45) is 2.19. The zero-order chi connectivity index (χ0) is 91.7. The molecule has 41 heteroatoms. The first-order valence-corrected chi connectivity index (χ1v) is 41.7. The number of carbonyl (C=O) groups is 14. The van der Waals surface area contributed by atoms with Crippen LogP contribution in [0.1, 0.15) is 140 Å². The van der Waals surface area contributed by atoms with Crippen LogP contribution in [0.4, 0.5) is 52.0 Å². The van der Waals surface area contributed by atoms with Gasteiger partial charge in [-0.2, -0.15) is 15.0 Å². The molecule has 1 aromatic heterocycles. The standard InChI is InChI=1S/C88H95N21O20/c89-27-3-1-5-63-82(123)104-67-34-48(77(92)118)8-10-50(67)44-128-68-21-13-52(37-61(68)80(121)96-43-73(114)100-63)98-72(113)42-95-79(120)46-25-31-109(32-26-46)88-106-86(99-53-11-16-56(59(35-53)85(126)127)75-57-17-14-54(110)38-69(57)129-70-39-55(111)15-18-58(70)75)105-87(107-88)108-29-23-45(24-30-108)78(119)94-41-71(112)97-51-12-19-62-60(36-51)81(122)101-65(20-22-74(115)116)84(125)102-64(6-2-4-28-90)83(124)103-66-33-47(76(91)117)7-9-49(66)40-93-62/h7-19,21,33-39,45-46,63-65,93,110H,1-6,20,22-32,40-44,89-90H2,(H2,91,117)(H2,92,118)(H,94,119)(H,95,120)(H,96,121)(H,97,112)(H,98,113)(H,100,114)(H,101,122)(H,102,125)(H,103,124)(H,104,123)(H,115,116)(H,126,127)(H,99,105,106,107)/t63-,64-,65-/m0/s1. The van der Waals surface area contributed by atoms with Gasteiger partial charge in [0.1, 0.15) is 47.6 Å². The van der Waals surface area contributed by atoms with Gasteiger partial charge in [-0.3, -0.25) is 67.1 Å². The molecule has 23 N–H and O–H groups in total. The van der Waals surface area contributed by atoms with Crippen molar-refractivity contribution in [1.82, 2.24) is 46.9 Å². The second kappa shape index (κ2) is 41.4. The summed E-state index contributed by atoms with van der Waals surface area (Å²) in [5.74, 6) is -11.9. The van der Waals surface area contributed by atoms with Gasteiger partial charge in [0.25, 0.3) is 11.8 Å². The molecular formula is C88H95N21O20. The molecule has 12 amide bonds. The maximum Gasteiger partial charge on any atom is 0.336 e. The number of carboxylic acids is 2. The predicted molar refractivity (Wildman–Crippen MR) is 471 cm³/mol. The van der Waals surface area contributed by atoms with Gasteiger partial charge in [-0.05, 0) is 192 Å². The van der Waals surface area contributed by atoms with Crippen LogP contribution in [0.5, 0.6) is 11.5 Å². The molecule has 5 aliphatic heterocycles. The number of aromatic nitrogens is 3. The van der Waals surface area contributed by atoms with Crippen molar-refractivity contribution in [3.63, 3.8) is 0 Å². The van der Waals surface area contributed by atoms with Gasteiger partial charge in [0.15, 0.2) is 5.43 Å². The first-order valence-electron chi connectivity index (χ1n) is 41.7. The fraction of sp³-hybridized carbons (Fsp3) is 0.318. The number of aromatic hydroxyl groups is 1. The molecular weight excluding hydrogens is 1670 g/mol. The molecule has 13 rings (SSSR count). The number of nitrogens with one attached hydrogen (secondary N) is 12. The molecule has 0 bridgehead atoms. The highest BCUT2D eigenvalue weighted by Crippen LogP contribution is 2.43. The number of nitrogens with zero attached hydrogens (tertiary/aromatic N) is 5. The van der Waals surface area contributed by atoms with Crippen LogP contribution in [0, 0.1) is 11.8 Å². The summed E-state index contributed by atoms with van der Waals surface area (Å²) in [6.45, 7) is -0.461. The molecule has 41 nitrogen and oxygen atoms in total. The van der Waals surface area contributed by atoms with E-state index >= 15 is 0 Å². The molecule has 0 unspecified atom stereocenters. The van der Waals surface area contributed by atoms with E-state index in [1.165, 1.54) is 103 Å². The van der Waals surface area contributed by atoms with Crippen molar-refractivity contribution in [2.45, 2.75) is 108 Å². The topological polar surface area (TPSA) is 633 Å². The minimum atomic E-state index is -1.49. The monoisotopic (exact) mass is 1770 g/mol. The Morgan fingerprint density at radius 2 is 1.08 bits per heavy atom. The number of carbonyl (C=O) groups excluding carboxylic acids is 12. The van der Waals surface area contributed by atoms with Crippen LogP contribution in [0.3, 0.4) is 0 Å². The number of hydrogen-bond donors (Lipinski definition) is 19. The van der Waals surface area contributed by atoms with E-state index in [2.05, 4.69) is 63.8 Å². The summed E-state index contributed by atoms with van der Waals surface area (Å²) in [5.41, 5.74) is 25.0. The number of hydrogen-bond acceptors (Lipinski definition) is 27. The Morgan fingerprint density at radius 1 is 0.512 bits per heavy atom. The maximum absolute atomic E-state index is 14.4. The Hall–Kier alpha value is -15.7. The summed E-state index contributed by atoms with van der Waals surface area (Å²) < 4.78 is 12.2. The van der Waals surface area contributed by atoms with E-state index in [0.29, 0.717) is 59.9 Å². The molecule has 0 radical (unpaired) electrons. The quantitative estimate of drug-likeness (QED) is 0.0255. The normalized spacial score (nSPS) is 16.6. The zero-order valence-corrected chi connectivity index (χ0v) is 69.6. The van der Waals surface area contributed by atoms with Crippen molar-refractivity contribution < 1.29 is 91.6 Å². The van der Waals surface area contributed by atoms with Gasteiger partial charge >= 0.3 is 11.9 Å². The largest absolute Gasteiger partial charge is 0.508 e. The van der Waals surface area contributed by atoms with Crippen LogP contribution < -0.4 is 107 Å². The Labute approximate surface area is 735 Å². The third-order valence-electron chi connectivity index (χ3n) is 22.3. The van der Waals surface area contributed by atoms with Gasteiger partial charge in [-0.1, -0.05) is 18.2 Å². The van der Waals surface area contributed by atoms with Gasteiger partial charge in [0, 0.05) is 130 Å². The number of unbranched alkanes of at least 4 members (excludes halogenated alkanes) is 2. The van der Waals surface area contributed by atoms with E-state index in [4.69, 9.17) is 47.0 Å². The minimum absolute atomic E-state index is 0.0148. The molecule has 2 fully saturated rings. The average Bonchev–Trinajstić information content (AvgIpc) is 0.744. The van der Waals surface area contributed by atoms with Crippen LogP contribution in [-0.4, -0.2) is 190 Å². The summed E-state index contributed by atoms with van der Waals surface area (Å²) >= 11 is 0. The molecule has 3 atom stereocenters. The third kappa shape index (κ3) is 23.1. The molecule has 0 spiro atoms. The van der Waals surface area contributed by atoms with Gasteiger partial charge in [-0.15, -0.1) is 0 Å². The number of phenolic OH excluding ortho intramolecular Hbond substituents is 1. The lowest BCUT2D eigenvalue weighted by atomic mass is 9.90. The molecule has 672 valence electrons. The Morgan fingerprint density at radius 3 is 1.67 bits per heavy atom. The molecule has 2 saturated heterocycles. The number of phenols is 1. The van der Waals surface area contributed by atoms with Gasteiger partial charge < -0.3 is 121 Å². The van der Waals surface area contributed by atoms with E-state index in [0.717, 1.165) is 0 Å². The smallest absolute Gasteiger partial charge is 0.336 e. The van der Waals surface area contributed by atoms with Crippen molar-refractivity contribution in [2.24, 2.45) is 34.8 Å². The third-order valence-corrected chi connectivity index (χ3v) is 22.3. The summed E-state index contributed by atoms with van der Waals surface area (Å²) in [6, 6.07) is 26.4. The lowest BCUT2D eigenvalue weighted by Gasteiger charge is -2.34. The molecule has 0 saturated carbocycles. The summed E-state index contributed by atoms with van der Waals surface area (Å²) in [4.78, 5) is 219. The highest BCUT2D eigenvalue weighted by molar-refractivity contribution is 6.10. The molecule has 6 aliphatic rings. The van der Waals surface area contributed by atoms with Crippen molar-refractivity contribution >= 4 is 146 Å². The van der Waals surface area contributed by atoms with E-state index in [-0.39, 0.29) is 204 Å². The van der Waals surface area contributed by atoms with Gasteiger partial charge in [-0.25, -0.2) is 4.79 Å². The van der Waals surface area contributed by atoms with Crippen molar-refractivity contribution in [3.05, 3.63) is 177 Å². The number of fused-ring (bicyclic) bond motifs is 6. The lowest BCUT2D eigenvalue weighted by Crippen LogP contribution is -2.53. The molecule has 129 heavy (non-hydrogen) atoms. The number of primary amides is 2. The first kappa shape index (κ1) is 91.0. The number of aromatic carboxylic acids is 1. The average molecular weight is 1770 g/mol. The fourth-order valence-corrected chi connectivity index (χ4v) is 15.4. The fourth-order valence-electron chi connectivity index (χ4n) is 15.4. The van der Waals surface area contributed by atoms with E-state index < -0.39 is 139 Å². The van der Waals surface area contributed by atoms with Gasteiger partial charge in [0.05, 0.1) is 36.3 Å². The van der Waals surface area contributed by atoms with Crippen LogP contribution >= 0.6 is 0 Å². The number of rotatable bonds is 27. The molecule has 7 aromatic rings. The van der Waals surface area contributed by atoms with E-state index in [1.807, 2.05) is 9.80 Å². The van der Waals surface area contributed by atoms with Crippen LogP contribution in [0.15, 0.2) is 137 Å². The summed E-state index contributed by atoms with van der Waals surface area (Å²) in [7, 11) is 0. The first-order chi connectivity index (χ1) is 62.0. The Bertz CT molecular complexity index is 5930. The minimum Gasteiger partial charge on any atom is -0.508 e. The number of anilines is 9.